The number of ether oxygens (including phenoxy) is 1. The van der Waals surface area contributed by atoms with E-state index in [1.165, 1.54) is 12.1 Å². The van der Waals surface area contributed by atoms with Gasteiger partial charge < -0.3 is 10.5 Å². The first-order chi connectivity index (χ1) is 8.29. The van der Waals surface area contributed by atoms with Crippen LogP contribution in [0.1, 0.15) is 5.56 Å². The molecule has 0 aromatic heterocycles. The quantitative estimate of drug-likeness (QED) is 0.843. The molecule has 0 amide bonds. The van der Waals surface area contributed by atoms with E-state index in [-0.39, 0.29) is 17.5 Å². The van der Waals surface area contributed by atoms with Crippen LogP contribution in [0.2, 0.25) is 0 Å². The molecule has 0 spiro atoms. The van der Waals surface area contributed by atoms with Crippen molar-refractivity contribution in [3.8, 4) is 0 Å². The second-order valence-electron chi connectivity index (χ2n) is 3.81. The second kappa shape index (κ2) is 6.49. The van der Waals surface area contributed by atoms with Gasteiger partial charge in [-0.3, -0.25) is 0 Å². The topological polar surface area (TPSA) is 35.2 Å². The smallest absolute Gasteiger partial charge is 0.370 e. The third-order valence-corrected chi connectivity index (χ3v) is 3.00. The van der Waals surface area contributed by atoms with Crippen molar-refractivity contribution in [3.63, 3.8) is 0 Å². The summed E-state index contributed by atoms with van der Waals surface area (Å²) in [6.07, 6.45) is -4.13. The molecule has 0 aliphatic heterocycles. The Kier molecular flexibility index (Phi) is 5.55. The van der Waals surface area contributed by atoms with Crippen molar-refractivity contribution in [1.82, 2.24) is 0 Å². The first-order valence-electron chi connectivity index (χ1n) is 5.12. The van der Waals surface area contributed by atoms with Crippen LogP contribution in [-0.4, -0.2) is 25.4 Å². The van der Waals surface area contributed by atoms with Gasteiger partial charge in [-0.15, -0.1) is 0 Å². The highest BCUT2D eigenvalue weighted by molar-refractivity contribution is 9.10. The van der Waals surface area contributed by atoms with E-state index in [4.69, 9.17) is 5.73 Å². The van der Waals surface area contributed by atoms with Crippen LogP contribution in [0.15, 0.2) is 22.7 Å². The summed E-state index contributed by atoms with van der Waals surface area (Å²) in [5.74, 6) is -0.434. The zero-order valence-electron chi connectivity index (χ0n) is 9.31. The van der Waals surface area contributed by atoms with Crippen LogP contribution in [0.5, 0.6) is 0 Å². The van der Waals surface area contributed by atoms with Crippen molar-refractivity contribution >= 4 is 15.9 Å². The van der Waals surface area contributed by atoms with Crippen LogP contribution in [0.4, 0.5) is 17.6 Å². The maximum absolute atomic E-state index is 13.2. The van der Waals surface area contributed by atoms with Gasteiger partial charge in [0.25, 0.3) is 0 Å². The summed E-state index contributed by atoms with van der Waals surface area (Å²) in [4.78, 5) is 0. The fourth-order valence-electron chi connectivity index (χ4n) is 1.37. The summed E-state index contributed by atoms with van der Waals surface area (Å²) in [6.45, 7) is -1.56. The average Bonchev–Trinajstić information content (AvgIpc) is 2.23. The van der Waals surface area contributed by atoms with Gasteiger partial charge in [0, 0.05) is 6.04 Å². The van der Waals surface area contributed by atoms with Crippen molar-refractivity contribution in [1.29, 1.82) is 0 Å². The fourth-order valence-corrected chi connectivity index (χ4v) is 1.80. The summed E-state index contributed by atoms with van der Waals surface area (Å²) in [5, 5.41) is 0. The molecule has 102 valence electrons. The Labute approximate surface area is 110 Å². The van der Waals surface area contributed by atoms with E-state index in [2.05, 4.69) is 20.7 Å². The number of hydrogen-bond donors (Lipinski definition) is 1. The zero-order chi connectivity index (χ0) is 13.8. The van der Waals surface area contributed by atoms with Crippen molar-refractivity contribution in [3.05, 3.63) is 34.1 Å². The van der Waals surface area contributed by atoms with E-state index < -0.39 is 24.6 Å². The number of hydrogen-bond acceptors (Lipinski definition) is 2. The fraction of sp³-hybridized carbons (Fsp3) is 0.455. The van der Waals surface area contributed by atoms with Crippen LogP contribution in [0, 0.1) is 5.82 Å². The number of nitrogens with two attached hydrogens (primary N) is 1. The molecule has 1 rings (SSSR count). The Morgan fingerprint density at radius 2 is 2.00 bits per heavy atom. The molecule has 0 fully saturated rings. The van der Waals surface area contributed by atoms with E-state index in [0.717, 1.165) is 0 Å². The highest BCUT2D eigenvalue weighted by atomic mass is 79.9. The van der Waals surface area contributed by atoms with Crippen LogP contribution in [0.25, 0.3) is 0 Å². The third-order valence-electron chi connectivity index (χ3n) is 2.11. The molecule has 2 N–H and O–H groups in total. The number of alkyl halides is 3. The van der Waals surface area contributed by atoms with Gasteiger partial charge in [-0.25, -0.2) is 4.39 Å². The molecule has 0 bridgehead atoms. The predicted octanol–water partition coefficient (Wildman–Crippen LogP) is 3.04. The highest BCUT2D eigenvalue weighted by Gasteiger charge is 2.27. The Morgan fingerprint density at radius 1 is 1.33 bits per heavy atom. The van der Waals surface area contributed by atoms with Gasteiger partial charge in [0.1, 0.15) is 12.4 Å². The van der Waals surface area contributed by atoms with Crippen LogP contribution >= 0.6 is 15.9 Å². The van der Waals surface area contributed by atoms with Gasteiger partial charge in [-0.05, 0) is 34.0 Å². The summed E-state index contributed by atoms with van der Waals surface area (Å²) in [5.41, 5.74) is 6.21. The van der Waals surface area contributed by atoms with E-state index in [1.807, 2.05) is 0 Å². The molecule has 0 heterocycles. The Hall–Kier alpha value is -0.660. The molecular formula is C11H12BrF4NO. The van der Waals surface area contributed by atoms with Crippen LogP contribution < -0.4 is 5.73 Å². The lowest BCUT2D eigenvalue weighted by atomic mass is 10.1. The lowest BCUT2D eigenvalue weighted by Gasteiger charge is -2.14. The van der Waals surface area contributed by atoms with Gasteiger partial charge in [0.2, 0.25) is 0 Å². The molecule has 0 aliphatic rings. The number of benzene rings is 1. The van der Waals surface area contributed by atoms with E-state index in [9.17, 15) is 17.6 Å². The van der Waals surface area contributed by atoms with Gasteiger partial charge >= 0.3 is 6.18 Å². The third kappa shape index (κ3) is 5.32. The zero-order valence-corrected chi connectivity index (χ0v) is 10.9. The van der Waals surface area contributed by atoms with Crippen molar-refractivity contribution in [2.45, 2.75) is 18.6 Å². The summed E-state index contributed by atoms with van der Waals surface area (Å²) < 4.78 is 53.4. The Balaban J connectivity index is 2.45. The standard InChI is InChI=1S/C11H12BrF4NO/c12-10-7(2-1-3-9(10)13)4-8(17)5-18-6-11(14,15)16/h1-3,8H,4-6,17H2. The van der Waals surface area contributed by atoms with Crippen LogP contribution in [-0.2, 0) is 11.2 Å². The molecule has 0 radical (unpaired) electrons. The van der Waals surface area contributed by atoms with Crippen molar-refractivity contribution in [2.24, 2.45) is 5.73 Å². The van der Waals surface area contributed by atoms with Gasteiger partial charge in [0.05, 0.1) is 11.1 Å². The first kappa shape index (κ1) is 15.4. The molecule has 1 aromatic rings. The maximum Gasteiger partial charge on any atom is 0.411 e. The minimum Gasteiger partial charge on any atom is -0.370 e. The summed E-state index contributed by atoms with van der Waals surface area (Å²) in [6, 6.07) is 3.82. The average molecular weight is 330 g/mol. The monoisotopic (exact) mass is 329 g/mol. The molecule has 18 heavy (non-hydrogen) atoms. The van der Waals surface area contributed by atoms with Crippen LogP contribution in [0.3, 0.4) is 0 Å². The van der Waals surface area contributed by atoms with Crippen molar-refractivity contribution < 1.29 is 22.3 Å². The lowest BCUT2D eigenvalue weighted by molar-refractivity contribution is -0.174. The van der Waals surface area contributed by atoms with E-state index >= 15 is 0 Å². The lowest BCUT2D eigenvalue weighted by Crippen LogP contribution is -2.31. The molecule has 1 aromatic carbocycles. The Morgan fingerprint density at radius 3 is 2.61 bits per heavy atom. The molecule has 1 atom stereocenters. The highest BCUT2D eigenvalue weighted by Crippen LogP contribution is 2.21. The molecule has 0 saturated carbocycles. The van der Waals surface area contributed by atoms with E-state index in [1.54, 1.807) is 6.07 Å². The molecule has 7 heteroatoms. The number of halogens is 5. The molecule has 2 nitrogen and oxygen atoms in total. The molecular weight excluding hydrogens is 318 g/mol. The number of rotatable bonds is 5. The first-order valence-corrected chi connectivity index (χ1v) is 5.92. The predicted molar refractivity (Wildman–Crippen MR) is 62.7 cm³/mol. The maximum atomic E-state index is 13.2. The van der Waals surface area contributed by atoms with E-state index in [0.29, 0.717) is 5.56 Å². The largest absolute Gasteiger partial charge is 0.411 e. The molecule has 0 saturated heterocycles. The Bertz CT molecular complexity index is 397. The minimum atomic E-state index is -4.36. The van der Waals surface area contributed by atoms with Gasteiger partial charge in [-0.2, -0.15) is 13.2 Å². The SMILES string of the molecule is NC(COCC(F)(F)F)Cc1cccc(F)c1Br. The summed E-state index contributed by atoms with van der Waals surface area (Å²) >= 11 is 3.06. The van der Waals surface area contributed by atoms with Gasteiger partial charge in [-0.1, -0.05) is 12.1 Å². The van der Waals surface area contributed by atoms with Crippen molar-refractivity contribution in [2.75, 3.05) is 13.2 Å². The van der Waals surface area contributed by atoms with Gasteiger partial charge in [0.15, 0.2) is 0 Å². The minimum absolute atomic E-state index is 0.232. The molecule has 1 unspecified atom stereocenters. The second-order valence-corrected chi connectivity index (χ2v) is 4.60. The normalized spacial score (nSPS) is 13.7. The molecule has 0 aliphatic carbocycles. The summed E-state index contributed by atoms with van der Waals surface area (Å²) in [7, 11) is 0.